The quantitative estimate of drug-likeness (QED) is 0.111. The lowest BCUT2D eigenvalue weighted by molar-refractivity contribution is -0.248. The molecule has 0 saturated carbocycles. The highest BCUT2D eigenvalue weighted by atomic mass is 17.1. The van der Waals surface area contributed by atoms with Gasteiger partial charge in [-0.1, -0.05) is 0 Å². The van der Waals surface area contributed by atoms with Crippen molar-refractivity contribution in [1.82, 2.24) is 10.8 Å². The summed E-state index contributed by atoms with van der Waals surface area (Å²) in [5.74, 6) is 0. The maximum atomic E-state index is 9.62. The minimum atomic E-state index is 0.0335. The van der Waals surface area contributed by atoms with Gasteiger partial charge in [0.1, 0.15) is 6.73 Å². The highest BCUT2D eigenvalue weighted by molar-refractivity contribution is 5.32. The van der Waals surface area contributed by atoms with E-state index >= 15 is 0 Å². The van der Waals surface area contributed by atoms with Gasteiger partial charge < -0.3 is 4.84 Å². The third-order valence-corrected chi connectivity index (χ3v) is 1.05. The van der Waals surface area contributed by atoms with E-state index in [1.54, 1.807) is 0 Å². The van der Waals surface area contributed by atoms with Crippen LogP contribution in [0.15, 0.2) is 4.99 Å². The lowest BCUT2D eigenvalue weighted by atomic mass is 10.5. The molecule has 0 unspecified atom stereocenters. The molecule has 0 aliphatic rings. The minimum Gasteiger partial charge on any atom is -0.300 e. The summed E-state index contributed by atoms with van der Waals surface area (Å²) >= 11 is 0. The third-order valence-electron chi connectivity index (χ3n) is 1.05. The van der Waals surface area contributed by atoms with Crippen molar-refractivity contribution in [1.29, 1.82) is 0 Å². The van der Waals surface area contributed by atoms with Crippen molar-refractivity contribution >= 4 is 6.08 Å². The molecule has 0 radical (unpaired) electrons. The molecule has 0 aliphatic heterocycles. The SMILES string of the molecule is O=C=NCCCONCNCOO. The van der Waals surface area contributed by atoms with E-state index in [9.17, 15) is 4.79 Å². The summed E-state index contributed by atoms with van der Waals surface area (Å²) in [6.07, 6.45) is 2.08. The van der Waals surface area contributed by atoms with E-state index in [1.807, 2.05) is 0 Å². The topological polar surface area (TPSA) is 92.2 Å². The molecule has 0 aromatic heterocycles. The first-order chi connectivity index (χ1) is 6.41. The Hall–Kier alpha value is -0.820. The van der Waals surface area contributed by atoms with Gasteiger partial charge in [0.2, 0.25) is 6.08 Å². The van der Waals surface area contributed by atoms with Crippen LogP contribution in [0, 0.1) is 0 Å². The number of aliphatic imine (C=N–C) groups is 1. The Morgan fingerprint density at radius 2 is 2.38 bits per heavy atom. The molecule has 0 atom stereocenters. The molecule has 7 heteroatoms. The van der Waals surface area contributed by atoms with Crippen LogP contribution in [0.4, 0.5) is 0 Å². The van der Waals surface area contributed by atoms with Crippen LogP contribution in [0.5, 0.6) is 0 Å². The predicted octanol–water partition coefficient (Wildman–Crippen LogP) is -0.772. The first kappa shape index (κ1) is 12.2. The Morgan fingerprint density at radius 1 is 1.54 bits per heavy atom. The first-order valence-electron chi connectivity index (χ1n) is 3.77. The monoisotopic (exact) mass is 191 g/mol. The van der Waals surface area contributed by atoms with E-state index in [4.69, 9.17) is 10.1 Å². The van der Waals surface area contributed by atoms with Gasteiger partial charge in [0.15, 0.2) is 0 Å². The summed E-state index contributed by atoms with van der Waals surface area (Å²) in [6.45, 7) is 1.26. The Bertz CT molecular complexity index is 149. The maximum Gasteiger partial charge on any atom is 0.234 e. The van der Waals surface area contributed by atoms with Crippen molar-refractivity contribution in [2.75, 3.05) is 26.6 Å². The fraction of sp³-hybridized carbons (Fsp3) is 0.833. The molecule has 0 fully saturated rings. The minimum absolute atomic E-state index is 0.0335. The molecule has 0 heterocycles. The highest BCUT2D eigenvalue weighted by Gasteiger charge is 1.87. The molecule has 0 saturated heterocycles. The van der Waals surface area contributed by atoms with Gasteiger partial charge in [0.25, 0.3) is 0 Å². The zero-order valence-electron chi connectivity index (χ0n) is 7.15. The summed E-state index contributed by atoms with van der Waals surface area (Å²) in [6, 6.07) is 0. The average Bonchev–Trinajstić information content (AvgIpc) is 2.16. The van der Waals surface area contributed by atoms with Crippen LogP contribution in [0.25, 0.3) is 0 Å². The van der Waals surface area contributed by atoms with Crippen LogP contribution < -0.4 is 10.8 Å². The summed E-state index contributed by atoms with van der Waals surface area (Å²) < 4.78 is 0. The molecule has 0 aromatic carbocycles. The van der Waals surface area contributed by atoms with Crippen molar-refractivity contribution in [2.24, 2.45) is 4.99 Å². The summed E-state index contributed by atoms with van der Waals surface area (Å²) in [5, 5.41) is 10.5. The van der Waals surface area contributed by atoms with Crippen LogP contribution in [-0.4, -0.2) is 37.9 Å². The molecular formula is C6H13N3O4. The van der Waals surface area contributed by atoms with Crippen LogP contribution in [-0.2, 0) is 14.5 Å². The van der Waals surface area contributed by atoms with E-state index in [0.29, 0.717) is 26.2 Å². The van der Waals surface area contributed by atoms with Crippen molar-refractivity contribution < 1.29 is 19.8 Å². The van der Waals surface area contributed by atoms with Gasteiger partial charge in [-0.3, -0.25) is 10.6 Å². The van der Waals surface area contributed by atoms with Crippen LogP contribution in [0.3, 0.4) is 0 Å². The summed E-state index contributed by atoms with van der Waals surface area (Å²) in [7, 11) is 0. The van der Waals surface area contributed by atoms with Crippen LogP contribution in [0.2, 0.25) is 0 Å². The van der Waals surface area contributed by atoms with Crippen molar-refractivity contribution in [3.8, 4) is 0 Å². The van der Waals surface area contributed by atoms with E-state index in [2.05, 4.69) is 20.7 Å². The normalized spacial score (nSPS) is 9.62. The average molecular weight is 191 g/mol. The molecule has 0 aromatic rings. The molecule has 76 valence electrons. The van der Waals surface area contributed by atoms with Gasteiger partial charge in [-0.15, -0.1) is 0 Å². The Labute approximate surface area is 75.6 Å². The number of nitrogens with zero attached hydrogens (tertiary/aromatic N) is 1. The second-order valence-electron chi connectivity index (χ2n) is 2.02. The standard InChI is InChI=1S/C6H13N3O4/c10-5-7-2-1-3-12-9-4-8-6-13-11/h8-9,11H,1-4,6H2. The first-order valence-corrected chi connectivity index (χ1v) is 3.77. The Morgan fingerprint density at radius 3 is 3.08 bits per heavy atom. The lowest BCUT2D eigenvalue weighted by Gasteiger charge is -2.04. The number of carbonyl (C=O) groups excluding carboxylic acids is 1. The molecule has 0 aliphatic carbocycles. The van der Waals surface area contributed by atoms with Crippen LogP contribution in [0.1, 0.15) is 6.42 Å². The van der Waals surface area contributed by atoms with Crippen molar-refractivity contribution in [3.63, 3.8) is 0 Å². The predicted molar refractivity (Wildman–Crippen MR) is 43.3 cm³/mol. The second kappa shape index (κ2) is 11.2. The number of hydroxylamine groups is 1. The molecule has 0 rings (SSSR count). The molecule has 0 bridgehead atoms. The van der Waals surface area contributed by atoms with Crippen molar-refractivity contribution in [2.45, 2.75) is 6.42 Å². The number of nitrogens with one attached hydrogen (secondary N) is 2. The van der Waals surface area contributed by atoms with Gasteiger partial charge in [0.05, 0.1) is 19.8 Å². The molecule has 3 N–H and O–H groups in total. The molecular weight excluding hydrogens is 178 g/mol. The van der Waals surface area contributed by atoms with Gasteiger partial charge >= 0.3 is 0 Å². The van der Waals surface area contributed by atoms with Crippen LogP contribution >= 0.6 is 0 Å². The summed E-state index contributed by atoms with van der Waals surface area (Å²) in [4.78, 5) is 21.6. The highest BCUT2D eigenvalue weighted by Crippen LogP contribution is 1.79. The fourth-order valence-electron chi connectivity index (χ4n) is 0.532. The molecule has 7 nitrogen and oxygen atoms in total. The maximum absolute atomic E-state index is 9.62. The van der Waals surface area contributed by atoms with E-state index < -0.39 is 0 Å². The smallest absolute Gasteiger partial charge is 0.234 e. The Kier molecular flexibility index (Phi) is 10.5. The molecule has 0 amide bonds. The number of hydrogen-bond acceptors (Lipinski definition) is 7. The number of rotatable bonds is 9. The second-order valence-corrected chi connectivity index (χ2v) is 2.02. The number of hydrogen-bond donors (Lipinski definition) is 3. The molecule has 0 spiro atoms. The van der Waals surface area contributed by atoms with Gasteiger partial charge in [0, 0.05) is 0 Å². The largest absolute Gasteiger partial charge is 0.300 e. The van der Waals surface area contributed by atoms with E-state index in [0.717, 1.165) is 0 Å². The third kappa shape index (κ3) is 11.2. The summed E-state index contributed by atoms with van der Waals surface area (Å²) in [5.41, 5.74) is 2.55. The fourth-order valence-corrected chi connectivity index (χ4v) is 0.532. The van der Waals surface area contributed by atoms with Crippen molar-refractivity contribution in [3.05, 3.63) is 0 Å². The molecule has 13 heavy (non-hydrogen) atoms. The number of isocyanates is 1. The van der Waals surface area contributed by atoms with E-state index in [1.165, 1.54) is 6.08 Å². The zero-order valence-corrected chi connectivity index (χ0v) is 7.15. The van der Waals surface area contributed by atoms with Gasteiger partial charge in [-0.2, -0.15) is 5.48 Å². The van der Waals surface area contributed by atoms with Gasteiger partial charge in [-0.25, -0.2) is 14.7 Å². The Balaban J connectivity index is 2.87. The van der Waals surface area contributed by atoms with Gasteiger partial charge in [-0.05, 0) is 6.42 Å². The lowest BCUT2D eigenvalue weighted by Crippen LogP contribution is -2.30. The zero-order chi connectivity index (χ0) is 9.78. The van der Waals surface area contributed by atoms with E-state index in [-0.39, 0.29) is 6.73 Å².